The van der Waals surface area contributed by atoms with E-state index in [1.54, 1.807) is 66.6 Å². The number of benzene rings is 2. The Bertz CT molecular complexity index is 1660. The van der Waals surface area contributed by atoms with E-state index in [1.807, 2.05) is 13.8 Å². The maximum absolute atomic E-state index is 13.2. The number of ether oxygens (including phenoxy) is 1. The van der Waals surface area contributed by atoms with E-state index in [9.17, 15) is 14.4 Å². The van der Waals surface area contributed by atoms with Crippen LogP contribution in [0, 0.1) is 0 Å². The molecule has 1 atom stereocenters. The second-order valence-corrected chi connectivity index (χ2v) is 10.6. The van der Waals surface area contributed by atoms with Crippen LogP contribution in [0.4, 0.5) is 10.5 Å². The fourth-order valence-corrected chi connectivity index (χ4v) is 4.41. The molecular weight excluding hydrogens is 609 g/mol. The second-order valence-electron chi connectivity index (χ2n) is 9.82. The minimum absolute atomic E-state index is 0.0600. The summed E-state index contributed by atoms with van der Waals surface area (Å²) in [4.78, 5) is 39.4. The Balaban J connectivity index is 1.63. The molecular formula is C29H29Cl2N9O4. The van der Waals surface area contributed by atoms with Crippen molar-refractivity contribution >= 4 is 52.9 Å². The van der Waals surface area contributed by atoms with E-state index in [0.717, 1.165) is 0 Å². The van der Waals surface area contributed by atoms with Crippen LogP contribution in [0.3, 0.4) is 0 Å². The lowest BCUT2D eigenvalue weighted by Crippen LogP contribution is -2.37. The average molecular weight is 639 g/mol. The first-order chi connectivity index (χ1) is 21.0. The Morgan fingerprint density at radius 1 is 1.07 bits per heavy atom. The largest absolute Gasteiger partial charge is 0.453 e. The minimum Gasteiger partial charge on any atom is -0.453 e. The highest BCUT2D eigenvalue weighted by Gasteiger charge is 2.24. The number of methoxy groups -OCH3 is 1. The summed E-state index contributed by atoms with van der Waals surface area (Å²) in [6, 6.07) is 12.7. The van der Waals surface area contributed by atoms with Crippen molar-refractivity contribution in [3.63, 3.8) is 0 Å². The van der Waals surface area contributed by atoms with Crippen LogP contribution in [0.2, 0.25) is 10.2 Å². The Labute approximate surface area is 263 Å². The van der Waals surface area contributed by atoms with Crippen molar-refractivity contribution in [2.24, 2.45) is 0 Å². The number of amides is 3. The Morgan fingerprint density at radius 2 is 1.82 bits per heavy atom. The molecule has 0 spiro atoms. The molecule has 228 valence electrons. The van der Waals surface area contributed by atoms with Gasteiger partial charge >= 0.3 is 6.09 Å². The Hall–Kier alpha value is -4.88. The Morgan fingerprint density at radius 3 is 2.48 bits per heavy atom. The average Bonchev–Trinajstić information content (AvgIpc) is 3.55. The van der Waals surface area contributed by atoms with Crippen molar-refractivity contribution in [1.29, 1.82) is 0 Å². The normalized spacial score (nSPS) is 11.8. The first-order valence-corrected chi connectivity index (χ1v) is 14.1. The Kier molecular flexibility index (Phi) is 10.6. The molecule has 1 unspecified atom stereocenters. The number of halogens is 2. The summed E-state index contributed by atoms with van der Waals surface area (Å²) in [5, 5.41) is 25.5. The van der Waals surface area contributed by atoms with Gasteiger partial charge in [0, 0.05) is 41.0 Å². The number of hydrogen-bond donors (Lipinski definition) is 2. The van der Waals surface area contributed by atoms with Crippen molar-refractivity contribution in [2.75, 3.05) is 19.5 Å². The number of nitrogens with one attached hydrogen (secondary N) is 2. The van der Waals surface area contributed by atoms with E-state index >= 15 is 0 Å². The number of rotatable bonds is 10. The maximum atomic E-state index is 13.2. The van der Waals surface area contributed by atoms with Gasteiger partial charge in [-0.25, -0.2) is 4.79 Å². The quantitative estimate of drug-likeness (QED) is 0.234. The van der Waals surface area contributed by atoms with Crippen LogP contribution in [0.1, 0.15) is 37.6 Å². The summed E-state index contributed by atoms with van der Waals surface area (Å²) >= 11 is 12.6. The second kappa shape index (κ2) is 14.5. The molecule has 3 amide bonds. The SMILES string of the molecule is COC(=O)Nc1ccc(-c2cc(C(CC(=O)N(C)C(C)C)NC(=O)C=Cc3cc(Cl)ccc3-n3cnnn3)nnc2Cl)cc1. The van der Waals surface area contributed by atoms with Crippen molar-refractivity contribution in [3.8, 4) is 16.8 Å². The molecule has 15 heteroatoms. The van der Waals surface area contributed by atoms with Gasteiger partial charge in [-0.3, -0.25) is 14.9 Å². The number of hydrogen-bond acceptors (Lipinski definition) is 9. The van der Waals surface area contributed by atoms with Crippen LogP contribution in [0.25, 0.3) is 22.9 Å². The smallest absolute Gasteiger partial charge is 0.411 e. The van der Waals surface area contributed by atoms with E-state index in [-0.39, 0.29) is 23.5 Å². The predicted molar refractivity (Wildman–Crippen MR) is 165 cm³/mol. The third-order valence-electron chi connectivity index (χ3n) is 6.62. The first kappa shape index (κ1) is 32.0. The summed E-state index contributed by atoms with van der Waals surface area (Å²) in [5.74, 6) is -0.698. The van der Waals surface area contributed by atoms with E-state index in [4.69, 9.17) is 23.2 Å². The van der Waals surface area contributed by atoms with Gasteiger partial charge in [0.2, 0.25) is 11.8 Å². The molecule has 44 heavy (non-hydrogen) atoms. The van der Waals surface area contributed by atoms with Crippen LogP contribution >= 0.6 is 23.2 Å². The zero-order chi connectivity index (χ0) is 31.8. The molecule has 2 aromatic heterocycles. The van der Waals surface area contributed by atoms with Crippen LogP contribution in [-0.2, 0) is 14.3 Å². The zero-order valence-electron chi connectivity index (χ0n) is 24.2. The van der Waals surface area contributed by atoms with Gasteiger partial charge in [-0.1, -0.05) is 35.3 Å². The third kappa shape index (κ3) is 8.14. The van der Waals surface area contributed by atoms with Crippen molar-refractivity contribution in [2.45, 2.75) is 32.4 Å². The minimum atomic E-state index is -0.844. The summed E-state index contributed by atoms with van der Waals surface area (Å²) < 4.78 is 6.07. The van der Waals surface area contributed by atoms with Crippen LogP contribution in [0.5, 0.6) is 0 Å². The molecule has 13 nitrogen and oxygen atoms in total. The monoisotopic (exact) mass is 637 g/mol. The molecule has 0 saturated carbocycles. The number of nitrogens with zero attached hydrogens (tertiary/aromatic N) is 7. The van der Waals surface area contributed by atoms with Crippen LogP contribution in [0.15, 0.2) is 60.9 Å². The first-order valence-electron chi connectivity index (χ1n) is 13.3. The summed E-state index contributed by atoms with van der Waals surface area (Å²) in [6.07, 6.45) is 3.63. The molecule has 0 saturated heterocycles. The third-order valence-corrected chi connectivity index (χ3v) is 7.13. The highest BCUT2D eigenvalue weighted by atomic mass is 35.5. The molecule has 4 aromatic rings. The molecule has 0 bridgehead atoms. The molecule has 0 radical (unpaired) electrons. The van der Waals surface area contributed by atoms with Crippen molar-refractivity contribution < 1.29 is 19.1 Å². The summed E-state index contributed by atoms with van der Waals surface area (Å²) in [5.41, 5.74) is 3.23. The highest BCUT2D eigenvalue weighted by molar-refractivity contribution is 6.32. The van der Waals surface area contributed by atoms with Crippen LogP contribution in [-0.4, -0.2) is 73.4 Å². The number of aromatic nitrogens is 6. The number of carbonyl (C=O) groups excluding carboxylic acids is 3. The molecule has 0 aliphatic heterocycles. The fourth-order valence-electron chi connectivity index (χ4n) is 4.03. The number of carbonyl (C=O) groups is 3. The molecule has 4 rings (SSSR count). The van der Waals surface area contributed by atoms with E-state index in [0.29, 0.717) is 38.8 Å². The number of tetrazole rings is 1. The predicted octanol–water partition coefficient (Wildman–Crippen LogP) is 4.73. The van der Waals surface area contributed by atoms with Crippen LogP contribution < -0.4 is 10.6 Å². The standard InChI is InChI=1S/C29H29Cl2N9O4/c1-17(2)39(3)27(42)15-23(34-26(41)12-7-19-13-20(30)8-11-25(19)40-16-32-37-38-40)24-14-22(28(31)36-35-24)18-5-9-21(10-6-18)33-29(43)44-4/h5-14,16-17,23H,15H2,1-4H3,(H,33,43)(H,34,41). The summed E-state index contributed by atoms with van der Waals surface area (Å²) in [6.45, 7) is 3.78. The van der Waals surface area contributed by atoms with E-state index in [2.05, 4.69) is 41.1 Å². The zero-order valence-corrected chi connectivity index (χ0v) is 25.7. The van der Waals surface area contributed by atoms with Gasteiger partial charge < -0.3 is 15.0 Å². The van der Waals surface area contributed by atoms with Crippen molar-refractivity contribution in [3.05, 3.63) is 82.4 Å². The van der Waals surface area contributed by atoms with E-state index in [1.165, 1.54) is 24.2 Å². The van der Waals surface area contributed by atoms with Gasteiger partial charge in [0.05, 0.1) is 31.0 Å². The van der Waals surface area contributed by atoms with Gasteiger partial charge in [0.15, 0.2) is 5.15 Å². The lowest BCUT2D eigenvalue weighted by Gasteiger charge is -2.25. The summed E-state index contributed by atoms with van der Waals surface area (Å²) in [7, 11) is 2.96. The van der Waals surface area contributed by atoms with Gasteiger partial charge in [-0.05, 0) is 72.3 Å². The highest BCUT2D eigenvalue weighted by Crippen LogP contribution is 2.30. The molecule has 2 heterocycles. The molecule has 0 aliphatic carbocycles. The molecule has 0 aliphatic rings. The molecule has 2 aromatic carbocycles. The van der Waals surface area contributed by atoms with Crippen molar-refractivity contribution in [1.82, 2.24) is 40.6 Å². The van der Waals surface area contributed by atoms with Gasteiger partial charge in [-0.2, -0.15) is 9.78 Å². The molecule has 0 fully saturated rings. The molecule has 2 N–H and O–H groups in total. The fraction of sp³-hybridized carbons (Fsp3) is 0.241. The number of anilines is 1. The lowest BCUT2D eigenvalue weighted by atomic mass is 10.0. The topological polar surface area (TPSA) is 157 Å². The van der Waals surface area contributed by atoms with Gasteiger partial charge in [0.1, 0.15) is 6.33 Å². The maximum Gasteiger partial charge on any atom is 0.411 e. The van der Waals surface area contributed by atoms with E-state index < -0.39 is 18.0 Å². The van der Waals surface area contributed by atoms with Gasteiger partial charge in [0.25, 0.3) is 0 Å². The van der Waals surface area contributed by atoms with Gasteiger partial charge in [-0.15, -0.1) is 10.2 Å². The lowest BCUT2D eigenvalue weighted by molar-refractivity contribution is -0.132.